The molecule has 1 saturated heterocycles. The van der Waals surface area contributed by atoms with Gasteiger partial charge in [0.05, 0.1) is 23.7 Å². The summed E-state index contributed by atoms with van der Waals surface area (Å²) in [6, 6.07) is 0. The first-order valence-corrected chi connectivity index (χ1v) is 11.4. The fourth-order valence-corrected chi connectivity index (χ4v) is 8.16. The van der Waals surface area contributed by atoms with Crippen molar-refractivity contribution in [2.45, 2.75) is 70.9 Å². The van der Waals surface area contributed by atoms with Crippen LogP contribution in [0.2, 0.25) is 0 Å². The molecule has 3 aliphatic heterocycles. The van der Waals surface area contributed by atoms with Crippen LogP contribution in [-0.4, -0.2) is 40.1 Å². The minimum atomic E-state index is -0.543. The van der Waals surface area contributed by atoms with Gasteiger partial charge in [-0.1, -0.05) is 25.5 Å². The van der Waals surface area contributed by atoms with Gasteiger partial charge in [0.2, 0.25) is 0 Å². The van der Waals surface area contributed by atoms with Gasteiger partial charge in [0.1, 0.15) is 17.5 Å². The van der Waals surface area contributed by atoms with Gasteiger partial charge < -0.3 is 19.7 Å². The van der Waals surface area contributed by atoms with Crippen LogP contribution in [0.5, 0.6) is 0 Å². The van der Waals surface area contributed by atoms with Gasteiger partial charge in [-0.3, -0.25) is 0 Å². The van der Waals surface area contributed by atoms with E-state index in [0.717, 1.165) is 30.6 Å². The van der Waals surface area contributed by atoms with Crippen LogP contribution in [-0.2, 0) is 14.3 Å². The molecule has 0 radical (unpaired) electrons. The molecule has 2 saturated carbocycles. The quantitative estimate of drug-likeness (QED) is 0.483. The maximum Gasteiger partial charge on any atom is 0.338 e. The summed E-state index contributed by atoms with van der Waals surface area (Å²) < 4.78 is 12.6. The van der Waals surface area contributed by atoms with Gasteiger partial charge in [-0.15, -0.1) is 0 Å². The number of ether oxygens (including phenoxy) is 2. The highest BCUT2D eigenvalue weighted by molar-refractivity contribution is 5.91. The number of rotatable bonds is 0. The standard InChI is InChI=1S/C24H32O5/c1-9-7-13-17(21(26)11(3)20(13)25)16-12(9)8-14-18(16)19-22-10(2)15(28-23(19)27)5-6-24(14,4)29-22/h7,10-18,20-21,25-26H,5-6,8H2,1-4H3/t10-,11+,12+,13-,14-,15-,16+,17+,18-,20+,21-,24-/m1/s1. The topological polar surface area (TPSA) is 76.0 Å². The highest BCUT2D eigenvalue weighted by atomic mass is 16.6. The van der Waals surface area contributed by atoms with Crippen LogP contribution in [0.25, 0.3) is 0 Å². The van der Waals surface area contributed by atoms with Crippen molar-refractivity contribution in [1.82, 2.24) is 0 Å². The van der Waals surface area contributed by atoms with E-state index in [0.29, 0.717) is 5.92 Å². The highest BCUT2D eigenvalue weighted by Gasteiger charge is 2.66. The van der Waals surface area contributed by atoms with Crippen LogP contribution < -0.4 is 0 Å². The Bertz CT molecular complexity index is 844. The SMILES string of the molecule is CC1=C[C@H]2[C@@H](O)[C@H](C)[C@@H](O)[C@@H]2[C@H]2[C@@H]3C4=C5O[C@](C)(CC[C@@H](OC4=O)[C@H]5C)[C@@H]3C[C@@H]12. The summed E-state index contributed by atoms with van der Waals surface area (Å²) in [6.45, 7) is 8.47. The molecule has 0 unspecified atom stereocenters. The van der Waals surface area contributed by atoms with Crippen molar-refractivity contribution in [2.75, 3.05) is 0 Å². The summed E-state index contributed by atoms with van der Waals surface area (Å²) in [7, 11) is 0. The van der Waals surface area contributed by atoms with Gasteiger partial charge >= 0.3 is 5.97 Å². The molecule has 12 atom stereocenters. The van der Waals surface area contributed by atoms with E-state index in [1.807, 2.05) is 6.92 Å². The number of esters is 1. The summed E-state index contributed by atoms with van der Waals surface area (Å²) in [4.78, 5) is 13.2. The molecule has 158 valence electrons. The van der Waals surface area contributed by atoms with Crippen molar-refractivity contribution >= 4 is 5.97 Å². The molecule has 0 aromatic rings. The molecule has 0 amide bonds. The maximum absolute atomic E-state index is 13.2. The Morgan fingerprint density at radius 3 is 2.69 bits per heavy atom. The summed E-state index contributed by atoms with van der Waals surface area (Å²) in [5, 5.41) is 22.0. The third-order valence-electron chi connectivity index (χ3n) is 9.72. The lowest BCUT2D eigenvalue weighted by Crippen LogP contribution is -2.49. The summed E-state index contributed by atoms with van der Waals surface area (Å²) in [5.74, 6) is 1.34. The third-order valence-corrected chi connectivity index (χ3v) is 9.72. The highest BCUT2D eigenvalue weighted by Crippen LogP contribution is 2.66. The number of aliphatic hydroxyl groups excluding tert-OH is 2. The van der Waals surface area contributed by atoms with Gasteiger partial charge in [0.25, 0.3) is 0 Å². The van der Waals surface area contributed by atoms with E-state index in [2.05, 4.69) is 26.8 Å². The predicted octanol–water partition coefficient (Wildman–Crippen LogP) is 2.82. The van der Waals surface area contributed by atoms with Gasteiger partial charge in [0.15, 0.2) is 0 Å². The predicted molar refractivity (Wildman–Crippen MR) is 105 cm³/mol. The molecule has 3 fully saturated rings. The van der Waals surface area contributed by atoms with Gasteiger partial charge in [-0.2, -0.15) is 0 Å². The van der Waals surface area contributed by atoms with Crippen LogP contribution in [0.1, 0.15) is 47.0 Å². The van der Waals surface area contributed by atoms with Gasteiger partial charge in [-0.05, 0) is 50.9 Å². The van der Waals surface area contributed by atoms with Crippen molar-refractivity contribution in [2.24, 2.45) is 47.3 Å². The number of carbonyl (C=O) groups is 1. The molecule has 2 N–H and O–H groups in total. The van der Waals surface area contributed by atoms with E-state index in [4.69, 9.17) is 9.47 Å². The monoisotopic (exact) mass is 400 g/mol. The molecule has 3 heterocycles. The molecule has 6 aliphatic rings. The molecular weight excluding hydrogens is 368 g/mol. The molecule has 0 aromatic heterocycles. The molecule has 6 rings (SSSR count). The first kappa shape index (κ1) is 18.4. The zero-order valence-electron chi connectivity index (χ0n) is 17.7. The van der Waals surface area contributed by atoms with Crippen LogP contribution in [0.15, 0.2) is 23.0 Å². The Morgan fingerprint density at radius 1 is 1.17 bits per heavy atom. The number of aliphatic hydroxyl groups is 2. The lowest BCUT2D eigenvalue weighted by atomic mass is 9.63. The third kappa shape index (κ3) is 2.11. The smallest absolute Gasteiger partial charge is 0.338 e. The molecule has 29 heavy (non-hydrogen) atoms. The number of hydrogen-bond acceptors (Lipinski definition) is 5. The number of allylic oxidation sites excluding steroid dienone is 1. The van der Waals surface area contributed by atoms with E-state index in [9.17, 15) is 15.0 Å². The molecule has 3 aliphatic carbocycles. The van der Waals surface area contributed by atoms with Gasteiger partial charge in [0, 0.05) is 23.7 Å². The fraction of sp³-hybridized carbons (Fsp3) is 0.792. The summed E-state index contributed by atoms with van der Waals surface area (Å²) >= 11 is 0. The van der Waals surface area contributed by atoms with Crippen LogP contribution >= 0.6 is 0 Å². The summed E-state index contributed by atoms with van der Waals surface area (Å²) in [5.41, 5.74) is 1.77. The Labute approximate surface area is 172 Å². The van der Waals surface area contributed by atoms with E-state index in [1.165, 1.54) is 5.57 Å². The average molecular weight is 401 g/mol. The second-order valence-corrected chi connectivity index (χ2v) is 10.9. The normalized spacial score (nSPS) is 57.4. The minimum absolute atomic E-state index is 0.0126. The second kappa shape index (κ2) is 5.67. The summed E-state index contributed by atoms with van der Waals surface area (Å²) in [6.07, 6.45) is 3.79. The molecule has 5 heteroatoms. The first-order chi connectivity index (χ1) is 13.7. The molecule has 0 aromatic carbocycles. The van der Waals surface area contributed by atoms with Crippen molar-refractivity contribution in [3.8, 4) is 0 Å². The maximum atomic E-state index is 13.2. The number of fused-ring (bicyclic) bond motifs is 9. The Hall–Kier alpha value is -1.33. The number of carbonyl (C=O) groups excluding carboxylic acids is 1. The van der Waals surface area contributed by atoms with Crippen molar-refractivity contribution in [3.05, 3.63) is 23.0 Å². The fourth-order valence-electron chi connectivity index (χ4n) is 8.16. The Kier molecular flexibility index (Phi) is 3.61. The number of hydrogen-bond donors (Lipinski definition) is 2. The largest absolute Gasteiger partial charge is 0.491 e. The molecule has 3 bridgehead atoms. The first-order valence-electron chi connectivity index (χ1n) is 11.4. The average Bonchev–Trinajstić information content (AvgIpc) is 3.16. The van der Waals surface area contributed by atoms with Crippen molar-refractivity contribution in [3.63, 3.8) is 0 Å². The zero-order chi connectivity index (χ0) is 20.4. The van der Waals surface area contributed by atoms with Crippen LogP contribution in [0.3, 0.4) is 0 Å². The van der Waals surface area contributed by atoms with E-state index < -0.39 is 12.2 Å². The zero-order valence-corrected chi connectivity index (χ0v) is 17.7. The molecule has 0 spiro atoms. The van der Waals surface area contributed by atoms with E-state index in [1.54, 1.807) is 0 Å². The lowest BCUT2D eigenvalue weighted by molar-refractivity contribution is -0.154. The van der Waals surface area contributed by atoms with E-state index in [-0.39, 0.29) is 59.1 Å². The van der Waals surface area contributed by atoms with Crippen LogP contribution in [0.4, 0.5) is 0 Å². The van der Waals surface area contributed by atoms with Crippen LogP contribution in [0, 0.1) is 47.3 Å². The Balaban J connectivity index is 1.55. The minimum Gasteiger partial charge on any atom is -0.491 e. The van der Waals surface area contributed by atoms with E-state index >= 15 is 0 Å². The lowest BCUT2D eigenvalue weighted by Gasteiger charge is -2.48. The molecule has 5 nitrogen and oxygen atoms in total. The molecular formula is C24H32O5. The second-order valence-electron chi connectivity index (χ2n) is 10.9. The van der Waals surface area contributed by atoms with Crippen molar-refractivity contribution < 1.29 is 24.5 Å². The van der Waals surface area contributed by atoms with Crippen molar-refractivity contribution in [1.29, 1.82) is 0 Å². The Morgan fingerprint density at radius 2 is 1.93 bits per heavy atom. The van der Waals surface area contributed by atoms with Gasteiger partial charge in [-0.25, -0.2) is 4.79 Å².